The maximum atomic E-state index is 12.5. The highest BCUT2D eigenvalue weighted by molar-refractivity contribution is 7.92. The fourth-order valence-electron chi connectivity index (χ4n) is 2.59. The van der Waals surface area contributed by atoms with Gasteiger partial charge in [0.25, 0.3) is 10.0 Å². The molecule has 0 aliphatic heterocycles. The summed E-state index contributed by atoms with van der Waals surface area (Å²) in [5.41, 5.74) is 0.927. The zero-order chi connectivity index (χ0) is 22.1. The van der Waals surface area contributed by atoms with Crippen molar-refractivity contribution >= 4 is 45.2 Å². The molecule has 0 atom stereocenters. The van der Waals surface area contributed by atoms with Crippen LogP contribution in [-0.2, 0) is 19.6 Å². The van der Waals surface area contributed by atoms with E-state index in [9.17, 15) is 18.0 Å². The number of hydrogen-bond donors (Lipinski definition) is 2. The van der Waals surface area contributed by atoms with Gasteiger partial charge in [0.2, 0.25) is 11.8 Å². The van der Waals surface area contributed by atoms with Gasteiger partial charge in [-0.3, -0.25) is 14.3 Å². The predicted molar refractivity (Wildman–Crippen MR) is 119 cm³/mol. The third kappa shape index (κ3) is 6.60. The fourth-order valence-corrected chi connectivity index (χ4v) is 3.91. The number of halogens is 1. The molecule has 2 rings (SSSR count). The Bertz CT molecular complexity index is 1020. The lowest BCUT2D eigenvalue weighted by atomic mass is 10.2. The Balaban J connectivity index is 1.97. The summed E-state index contributed by atoms with van der Waals surface area (Å²) in [4.78, 5) is 25.5. The molecule has 0 saturated heterocycles. The summed E-state index contributed by atoms with van der Waals surface area (Å²) in [6, 6.07) is 12.6. The quantitative estimate of drug-likeness (QED) is 0.575. The molecule has 0 unspecified atom stereocenters. The average Bonchev–Trinajstić information content (AvgIpc) is 2.73. The van der Waals surface area contributed by atoms with Crippen LogP contribution in [-0.4, -0.2) is 44.8 Å². The van der Waals surface area contributed by atoms with Crippen molar-refractivity contribution in [1.29, 1.82) is 0 Å². The molecule has 2 aromatic carbocycles. The number of rotatable bonds is 9. The van der Waals surface area contributed by atoms with Crippen LogP contribution >= 0.6 is 11.6 Å². The van der Waals surface area contributed by atoms with Gasteiger partial charge in [-0.05, 0) is 49.8 Å². The Hall–Kier alpha value is -2.84. The number of likely N-dealkylation sites (N-methyl/N-ethyl adjacent to an activating group) is 1. The summed E-state index contributed by atoms with van der Waals surface area (Å²) in [5.74, 6) is -0.560. The number of sulfonamides is 1. The van der Waals surface area contributed by atoms with Crippen LogP contribution in [0.5, 0.6) is 0 Å². The number of nitrogens with zero attached hydrogens (tertiary/aromatic N) is 1. The zero-order valence-corrected chi connectivity index (χ0v) is 18.3. The first kappa shape index (κ1) is 23.4. The summed E-state index contributed by atoms with van der Waals surface area (Å²) >= 11 is 6.00. The van der Waals surface area contributed by atoms with Crippen molar-refractivity contribution in [3.8, 4) is 0 Å². The number of carbonyl (C=O) groups is 2. The van der Waals surface area contributed by atoms with Crippen molar-refractivity contribution in [3.05, 3.63) is 65.2 Å². The van der Waals surface area contributed by atoms with Gasteiger partial charge in [-0.25, -0.2) is 8.42 Å². The van der Waals surface area contributed by atoms with E-state index in [1.807, 2.05) is 13.8 Å². The summed E-state index contributed by atoms with van der Waals surface area (Å²) in [5, 5.41) is 2.83. The normalized spacial score (nSPS) is 11.3. The third-order valence-electron chi connectivity index (χ3n) is 4.27. The summed E-state index contributed by atoms with van der Waals surface area (Å²) in [6.07, 6.45) is 2.83. The monoisotopic (exact) mass is 449 g/mol. The van der Waals surface area contributed by atoms with Crippen LogP contribution in [0.2, 0.25) is 5.02 Å². The number of anilines is 1. The van der Waals surface area contributed by atoms with Crippen LogP contribution < -0.4 is 10.0 Å². The van der Waals surface area contributed by atoms with Crippen molar-refractivity contribution in [2.75, 3.05) is 24.4 Å². The van der Waals surface area contributed by atoms with E-state index in [0.29, 0.717) is 29.4 Å². The number of amides is 2. The molecule has 0 aromatic heterocycles. The maximum Gasteiger partial charge on any atom is 0.261 e. The number of benzene rings is 2. The van der Waals surface area contributed by atoms with Crippen molar-refractivity contribution in [3.63, 3.8) is 0 Å². The lowest BCUT2D eigenvalue weighted by Gasteiger charge is -2.18. The van der Waals surface area contributed by atoms with Gasteiger partial charge in [0, 0.05) is 19.2 Å². The Labute approximate surface area is 181 Å². The Morgan fingerprint density at radius 1 is 1.03 bits per heavy atom. The van der Waals surface area contributed by atoms with Gasteiger partial charge in [0.15, 0.2) is 0 Å². The molecule has 0 saturated carbocycles. The van der Waals surface area contributed by atoms with Gasteiger partial charge in [0.05, 0.1) is 22.2 Å². The average molecular weight is 450 g/mol. The van der Waals surface area contributed by atoms with E-state index >= 15 is 0 Å². The Morgan fingerprint density at radius 2 is 1.67 bits per heavy atom. The van der Waals surface area contributed by atoms with E-state index in [1.54, 1.807) is 41.3 Å². The smallest absolute Gasteiger partial charge is 0.261 e. The summed E-state index contributed by atoms with van der Waals surface area (Å²) in [6.45, 7) is 4.84. The molecule has 2 aromatic rings. The molecule has 0 spiro atoms. The molecule has 0 aliphatic carbocycles. The first-order valence-corrected chi connectivity index (χ1v) is 11.2. The number of para-hydroxylation sites is 1. The van der Waals surface area contributed by atoms with Crippen molar-refractivity contribution in [2.24, 2.45) is 0 Å². The highest BCUT2D eigenvalue weighted by atomic mass is 35.5. The van der Waals surface area contributed by atoms with E-state index in [1.165, 1.54) is 24.3 Å². The van der Waals surface area contributed by atoms with Gasteiger partial charge in [0.1, 0.15) is 0 Å². The van der Waals surface area contributed by atoms with Crippen LogP contribution in [0.25, 0.3) is 6.08 Å². The number of hydrogen-bond acceptors (Lipinski definition) is 4. The van der Waals surface area contributed by atoms with Gasteiger partial charge in [-0.2, -0.15) is 0 Å². The molecule has 0 fully saturated rings. The first-order chi connectivity index (χ1) is 14.3. The first-order valence-electron chi connectivity index (χ1n) is 9.38. The topological polar surface area (TPSA) is 95.6 Å². The zero-order valence-electron chi connectivity index (χ0n) is 16.8. The van der Waals surface area contributed by atoms with E-state index in [-0.39, 0.29) is 17.3 Å². The second-order valence-corrected chi connectivity index (χ2v) is 8.36. The fraction of sp³-hybridized carbons (Fsp3) is 0.238. The van der Waals surface area contributed by atoms with Gasteiger partial charge in [-0.1, -0.05) is 35.9 Å². The molecule has 7 nitrogen and oxygen atoms in total. The second kappa shape index (κ2) is 10.8. The molecule has 2 N–H and O–H groups in total. The molecule has 0 heterocycles. The van der Waals surface area contributed by atoms with Gasteiger partial charge >= 0.3 is 0 Å². The van der Waals surface area contributed by atoms with E-state index in [0.717, 1.165) is 0 Å². The standard InChI is InChI=1S/C21H24ClN3O4S/c1-3-25(4-2)21(27)15-23-20(26)14-11-16-9-12-17(13-10-16)30(28,29)24-19-8-6-5-7-18(19)22/h5-14,24H,3-4,15H2,1-2H3,(H,23,26)/b14-11+. The van der Waals surface area contributed by atoms with E-state index < -0.39 is 15.9 Å². The number of nitrogens with one attached hydrogen (secondary N) is 2. The van der Waals surface area contributed by atoms with Crippen LogP contribution in [0.1, 0.15) is 19.4 Å². The molecule has 30 heavy (non-hydrogen) atoms. The van der Waals surface area contributed by atoms with Crippen molar-refractivity contribution in [1.82, 2.24) is 10.2 Å². The second-order valence-electron chi connectivity index (χ2n) is 6.27. The molecule has 2 amide bonds. The van der Waals surface area contributed by atoms with Crippen LogP contribution in [0.4, 0.5) is 5.69 Å². The summed E-state index contributed by atoms with van der Waals surface area (Å²) in [7, 11) is -3.80. The minimum Gasteiger partial charge on any atom is -0.343 e. The minimum absolute atomic E-state index is 0.0637. The molecule has 0 aliphatic rings. The largest absolute Gasteiger partial charge is 0.343 e. The van der Waals surface area contributed by atoms with E-state index in [2.05, 4.69) is 10.0 Å². The SMILES string of the molecule is CCN(CC)C(=O)CNC(=O)/C=C/c1ccc(S(=O)(=O)Nc2ccccc2Cl)cc1. The lowest BCUT2D eigenvalue weighted by Crippen LogP contribution is -2.39. The predicted octanol–water partition coefficient (Wildman–Crippen LogP) is 3.14. The van der Waals surface area contributed by atoms with E-state index in [4.69, 9.17) is 11.6 Å². The lowest BCUT2D eigenvalue weighted by molar-refractivity contribution is -0.131. The Kier molecular flexibility index (Phi) is 8.44. The van der Waals surface area contributed by atoms with Gasteiger partial charge < -0.3 is 10.2 Å². The molecule has 160 valence electrons. The van der Waals surface area contributed by atoms with Crippen LogP contribution in [0.15, 0.2) is 59.5 Å². The summed E-state index contributed by atoms with van der Waals surface area (Å²) < 4.78 is 27.4. The molecular formula is C21H24ClN3O4S. The molecular weight excluding hydrogens is 426 g/mol. The molecule has 0 bridgehead atoms. The van der Waals surface area contributed by atoms with Crippen molar-refractivity contribution < 1.29 is 18.0 Å². The minimum atomic E-state index is -3.80. The van der Waals surface area contributed by atoms with Crippen molar-refractivity contribution in [2.45, 2.75) is 18.7 Å². The number of carbonyl (C=O) groups excluding carboxylic acids is 2. The van der Waals surface area contributed by atoms with Crippen LogP contribution in [0, 0.1) is 0 Å². The molecule has 0 radical (unpaired) electrons. The maximum absolute atomic E-state index is 12.5. The van der Waals surface area contributed by atoms with Crippen LogP contribution in [0.3, 0.4) is 0 Å². The molecule has 9 heteroatoms. The van der Waals surface area contributed by atoms with Gasteiger partial charge in [-0.15, -0.1) is 0 Å². The third-order valence-corrected chi connectivity index (χ3v) is 5.98. The highest BCUT2D eigenvalue weighted by Crippen LogP contribution is 2.24. The Morgan fingerprint density at radius 3 is 2.27 bits per heavy atom. The highest BCUT2D eigenvalue weighted by Gasteiger charge is 2.15.